The molecule has 1 heterocycles. The second-order valence-corrected chi connectivity index (χ2v) is 3.66. The highest BCUT2D eigenvalue weighted by atomic mass is 15.1. The van der Waals surface area contributed by atoms with E-state index in [0.29, 0.717) is 5.92 Å². The molecule has 0 aliphatic rings. The summed E-state index contributed by atoms with van der Waals surface area (Å²) in [4.78, 5) is 4.44. The first-order valence-electron chi connectivity index (χ1n) is 5.07. The van der Waals surface area contributed by atoms with Gasteiger partial charge in [0.2, 0.25) is 0 Å². The lowest BCUT2D eigenvalue weighted by Crippen LogP contribution is -2.10. The van der Waals surface area contributed by atoms with Crippen LogP contribution in [0, 0.1) is 0 Å². The highest BCUT2D eigenvalue weighted by Gasteiger charge is 2.03. The van der Waals surface area contributed by atoms with Crippen molar-refractivity contribution in [2.24, 2.45) is 0 Å². The SMILES string of the molecule is CNCCCc1nncc(C(C)C)n1. The molecular formula is C10H18N4. The van der Waals surface area contributed by atoms with Crippen LogP contribution in [0.3, 0.4) is 0 Å². The average Bonchev–Trinajstić information content (AvgIpc) is 2.19. The molecule has 0 bridgehead atoms. The van der Waals surface area contributed by atoms with Gasteiger partial charge >= 0.3 is 0 Å². The average molecular weight is 194 g/mol. The Morgan fingerprint density at radius 1 is 1.43 bits per heavy atom. The first kappa shape index (κ1) is 11.0. The van der Waals surface area contributed by atoms with E-state index in [1.807, 2.05) is 7.05 Å². The third-order valence-electron chi connectivity index (χ3n) is 2.04. The summed E-state index contributed by atoms with van der Waals surface area (Å²) in [6.07, 6.45) is 3.69. The van der Waals surface area contributed by atoms with E-state index >= 15 is 0 Å². The topological polar surface area (TPSA) is 50.7 Å². The molecule has 0 radical (unpaired) electrons. The normalized spacial score (nSPS) is 10.9. The Kier molecular flexibility index (Phi) is 4.46. The minimum absolute atomic E-state index is 0.425. The van der Waals surface area contributed by atoms with Gasteiger partial charge in [-0.2, -0.15) is 5.10 Å². The second-order valence-electron chi connectivity index (χ2n) is 3.66. The van der Waals surface area contributed by atoms with Gasteiger partial charge in [-0.05, 0) is 25.9 Å². The number of rotatable bonds is 5. The lowest BCUT2D eigenvalue weighted by atomic mass is 10.1. The van der Waals surface area contributed by atoms with Crippen molar-refractivity contribution in [1.29, 1.82) is 0 Å². The number of hydrogen-bond donors (Lipinski definition) is 1. The van der Waals surface area contributed by atoms with Crippen LogP contribution in [0.4, 0.5) is 0 Å². The predicted molar refractivity (Wildman–Crippen MR) is 56.2 cm³/mol. The first-order chi connectivity index (χ1) is 6.74. The van der Waals surface area contributed by atoms with Crippen LogP contribution in [0.5, 0.6) is 0 Å². The zero-order valence-corrected chi connectivity index (χ0v) is 9.12. The molecule has 1 aromatic heterocycles. The minimum Gasteiger partial charge on any atom is -0.320 e. The highest BCUT2D eigenvalue weighted by Crippen LogP contribution is 2.09. The van der Waals surface area contributed by atoms with Crippen LogP contribution in [-0.2, 0) is 6.42 Å². The number of aromatic nitrogens is 3. The summed E-state index contributed by atoms with van der Waals surface area (Å²) in [5.41, 5.74) is 1.03. The van der Waals surface area contributed by atoms with Gasteiger partial charge in [0.05, 0.1) is 11.9 Å². The van der Waals surface area contributed by atoms with E-state index < -0.39 is 0 Å². The number of nitrogens with one attached hydrogen (secondary N) is 1. The fourth-order valence-electron chi connectivity index (χ4n) is 1.16. The molecule has 14 heavy (non-hydrogen) atoms. The smallest absolute Gasteiger partial charge is 0.151 e. The third-order valence-corrected chi connectivity index (χ3v) is 2.04. The highest BCUT2D eigenvalue weighted by molar-refractivity contribution is 5.01. The van der Waals surface area contributed by atoms with Gasteiger partial charge in [-0.3, -0.25) is 0 Å². The van der Waals surface area contributed by atoms with E-state index in [-0.39, 0.29) is 0 Å². The molecule has 0 aromatic carbocycles. The Morgan fingerprint density at radius 2 is 2.21 bits per heavy atom. The van der Waals surface area contributed by atoms with E-state index in [1.165, 1.54) is 0 Å². The van der Waals surface area contributed by atoms with E-state index in [0.717, 1.165) is 30.9 Å². The molecule has 1 aromatic rings. The van der Waals surface area contributed by atoms with Gasteiger partial charge in [-0.25, -0.2) is 4.98 Å². The molecule has 0 aliphatic carbocycles. The summed E-state index contributed by atoms with van der Waals surface area (Å²) in [5, 5.41) is 11.1. The third kappa shape index (κ3) is 3.38. The van der Waals surface area contributed by atoms with Crippen LogP contribution < -0.4 is 5.32 Å². The molecule has 0 fully saturated rings. The Balaban J connectivity index is 2.55. The van der Waals surface area contributed by atoms with Gasteiger partial charge in [0.15, 0.2) is 5.82 Å². The number of hydrogen-bond acceptors (Lipinski definition) is 4. The Hall–Kier alpha value is -1.03. The van der Waals surface area contributed by atoms with Crippen molar-refractivity contribution in [3.63, 3.8) is 0 Å². The quantitative estimate of drug-likeness (QED) is 0.714. The molecule has 4 heteroatoms. The van der Waals surface area contributed by atoms with Gasteiger partial charge in [0, 0.05) is 6.42 Å². The van der Waals surface area contributed by atoms with Crippen molar-refractivity contribution < 1.29 is 0 Å². The van der Waals surface area contributed by atoms with Gasteiger partial charge in [0.1, 0.15) is 0 Å². The fraction of sp³-hybridized carbons (Fsp3) is 0.700. The number of aryl methyl sites for hydroxylation is 1. The maximum atomic E-state index is 4.44. The Morgan fingerprint density at radius 3 is 2.86 bits per heavy atom. The van der Waals surface area contributed by atoms with Gasteiger partial charge < -0.3 is 5.32 Å². The van der Waals surface area contributed by atoms with Gasteiger partial charge in [-0.1, -0.05) is 13.8 Å². The molecule has 0 amide bonds. The summed E-state index contributed by atoms with van der Waals surface area (Å²) in [5.74, 6) is 1.28. The molecular weight excluding hydrogens is 176 g/mol. The van der Waals surface area contributed by atoms with Crippen LogP contribution in [0.15, 0.2) is 6.20 Å². The van der Waals surface area contributed by atoms with Gasteiger partial charge in [0.25, 0.3) is 0 Å². The number of nitrogens with zero attached hydrogens (tertiary/aromatic N) is 3. The molecule has 4 nitrogen and oxygen atoms in total. The van der Waals surface area contributed by atoms with Crippen LogP contribution in [0.25, 0.3) is 0 Å². The van der Waals surface area contributed by atoms with Crippen molar-refractivity contribution in [3.8, 4) is 0 Å². The lowest BCUT2D eigenvalue weighted by Gasteiger charge is -2.04. The van der Waals surface area contributed by atoms with Crippen molar-refractivity contribution in [2.75, 3.05) is 13.6 Å². The van der Waals surface area contributed by atoms with Crippen molar-refractivity contribution in [3.05, 3.63) is 17.7 Å². The molecule has 1 N–H and O–H groups in total. The van der Waals surface area contributed by atoms with E-state index in [9.17, 15) is 0 Å². The molecule has 78 valence electrons. The minimum atomic E-state index is 0.425. The summed E-state index contributed by atoms with van der Waals surface area (Å²) in [6.45, 7) is 5.22. The Bertz CT molecular complexity index is 273. The molecule has 1 rings (SSSR count). The summed E-state index contributed by atoms with van der Waals surface area (Å²) < 4.78 is 0. The summed E-state index contributed by atoms with van der Waals surface area (Å²) in [7, 11) is 1.95. The van der Waals surface area contributed by atoms with Crippen LogP contribution >= 0.6 is 0 Å². The molecule has 0 atom stereocenters. The second kappa shape index (κ2) is 5.65. The zero-order chi connectivity index (χ0) is 10.4. The standard InChI is InChI=1S/C10H18N4/c1-8(2)9-7-12-14-10(13-9)5-4-6-11-3/h7-8,11H,4-6H2,1-3H3. The van der Waals surface area contributed by atoms with Crippen molar-refractivity contribution in [2.45, 2.75) is 32.6 Å². The predicted octanol–water partition coefficient (Wildman–Crippen LogP) is 1.15. The zero-order valence-electron chi connectivity index (χ0n) is 9.12. The fourth-order valence-corrected chi connectivity index (χ4v) is 1.16. The van der Waals surface area contributed by atoms with E-state index in [4.69, 9.17) is 0 Å². The first-order valence-corrected chi connectivity index (χ1v) is 5.07. The maximum Gasteiger partial charge on any atom is 0.151 e. The summed E-state index contributed by atoms with van der Waals surface area (Å²) in [6, 6.07) is 0. The maximum absolute atomic E-state index is 4.44. The van der Waals surface area contributed by atoms with E-state index in [2.05, 4.69) is 34.3 Å². The van der Waals surface area contributed by atoms with E-state index in [1.54, 1.807) is 6.20 Å². The molecule has 0 aliphatic heterocycles. The van der Waals surface area contributed by atoms with Crippen LogP contribution in [-0.4, -0.2) is 28.8 Å². The molecule has 0 saturated carbocycles. The van der Waals surface area contributed by atoms with Crippen LogP contribution in [0.1, 0.15) is 37.7 Å². The molecule has 0 saturated heterocycles. The van der Waals surface area contributed by atoms with Gasteiger partial charge in [-0.15, -0.1) is 5.10 Å². The largest absolute Gasteiger partial charge is 0.320 e. The van der Waals surface area contributed by atoms with Crippen molar-refractivity contribution >= 4 is 0 Å². The Labute approximate surface area is 85.2 Å². The lowest BCUT2D eigenvalue weighted by molar-refractivity contribution is 0.673. The summed E-state index contributed by atoms with van der Waals surface area (Å²) >= 11 is 0. The monoisotopic (exact) mass is 194 g/mol. The molecule has 0 spiro atoms. The van der Waals surface area contributed by atoms with Crippen LogP contribution in [0.2, 0.25) is 0 Å². The van der Waals surface area contributed by atoms with Crippen molar-refractivity contribution in [1.82, 2.24) is 20.5 Å². The molecule has 0 unspecified atom stereocenters.